The lowest BCUT2D eigenvalue weighted by Gasteiger charge is -2.29. The van der Waals surface area contributed by atoms with Crippen LogP contribution in [0.2, 0.25) is 0 Å². The molecule has 18 heavy (non-hydrogen) atoms. The molecule has 1 aromatic carbocycles. The summed E-state index contributed by atoms with van der Waals surface area (Å²) in [5.41, 5.74) is 0.866. The average Bonchev–Trinajstić information content (AvgIpc) is 2.41. The number of benzene rings is 1. The normalized spacial score (nSPS) is 21.6. The van der Waals surface area contributed by atoms with E-state index in [4.69, 9.17) is 4.74 Å². The number of nitrogens with one attached hydrogen (secondary N) is 1. The highest BCUT2D eigenvalue weighted by molar-refractivity contribution is 9.10. The largest absolute Gasteiger partial charge is 0.493 e. The van der Waals surface area contributed by atoms with Gasteiger partial charge in [-0.2, -0.15) is 0 Å². The van der Waals surface area contributed by atoms with Crippen molar-refractivity contribution in [3.8, 4) is 5.75 Å². The van der Waals surface area contributed by atoms with E-state index in [1.165, 1.54) is 12.8 Å². The van der Waals surface area contributed by atoms with Gasteiger partial charge in [0.25, 0.3) is 0 Å². The van der Waals surface area contributed by atoms with Gasteiger partial charge in [-0.25, -0.2) is 0 Å². The van der Waals surface area contributed by atoms with Crippen molar-refractivity contribution in [2.24, 2.45) is 0 Å². The Morgan fingerprint density at radius 3 is 3.00 bits per heavy atom. The van der Waals surface area contributed by atoms with Crippen LogP contribution in [0, 0.1) is 0 Å². The molecule has 0 spiro atoms. The second-order valence-corrected chi connectivity index (χ2v) is 5.53. The summed E-state index contributed by atoms with van der Waals surface area (Å²) in [6.45, 7) is 3.55. The average molecular weight is 314 g/mol. The number of piperidine rings is 1. The van der Waals surface area contributed by atoms with Crippen LogP contribution in [0.1, 0.15) is 37.9 Å². The Hall–Kier alpha value is -0.580. The number of hydrogen-bond acceptors (Lipinski definition) is 3. The van der Waals surface area contributed by atoms with Gasteiger partial charge in [0.2, 0.25) is 0 Å². The zero-order valence-corrected chi connectivity index (χ0v) is 12.2. The van der Waals surface area contributed by atoms with Crippen molar-refractivity contribution in [1.82, 2.24) is 5.32 Å². The first-order chi connectivity index (χ1) is 8.72. The molecular weight excluding hydrogens is 294 g/mol. The number of aliphatic hydroxyl groups excluding tert-OH is 1. The van der Waals surface area contributed by atoms with Crippen LogP contribution in [0.3, 0.4) is 0 Å². The molecule has 3 nitrogen and oxygen atoms in total. The van der Waals surface area contributed by atoms with Crippen molar-refractivity contribution in [1.29, 1.82) is 0 Å². The van der Waals surface area contributed by atoms with E-state index in [1.54, 1.807) is 0 Å². The van der Waals surface area contributed by atoms with Crippen molar-refractivity contribution in [3.05, 3.63) is 28.2 Å². The fraction of sp³-hybridized carbons (Fsp3) is 0.571. The number of hydrogen-bond donors (Lipinski definition) is 2. The third-order valence-electron chi connectivity index (χ3n) is 3.32. The zero-order valence-electron chi connectivity index (χ0n) is 10.7. The van der Waals surface area contributed by atoms with Crippen LogP contribution in [-0.2, 0) is 0 Å². The van der Waals surface area contributed by atoms with E-state index in [0.717, 1.165) is 28.8 Å². The summed E-state index contributed by atoms with van der Waals surface area (Å²) in [6.07, 6.45) is 2.87. The predicted molar refractivity (Wildman–Crippen MR) is 75.9 cm³/mol. The topological polar surface area (TPSA) is 41.5 Å². The van der Waals surface area contributed by atoms with Crippen LogP contribution in [-0.4, -0.2) is 24.3 Å². The van der Waals surface area contributed by atoms with E-state index >= 15 is 0 Å². The Bertz CT molecular complexity index is 391. The van der Waals surface area contributed by atoms with Crippen LogP contribution in [0.5, 0.6) is 5.75 Å². The van der Waals surface area contributed by atoms with Gasteiger partial charge in [0, 0.05) is 16.1 Å². The minimum absolute atomic E-state index is 0.132. The smallest absolute Gasteiger partial charge is 0.125 e. The van der Waals surface area contributed by atoms with Gasteiger partial charge >= 0.3 is 0 Å². The Kier molecular flexibility index (Phi) is 5.03. The van der Waals surface area contributed by atoms with Crippen molar-refractivity contribution < 1.29 is 9.84 Å². The monoisotopic (exact) mass is 313 g/mol. The Balaban J connectivity index is 2.21. The van der Waals surface area contributed by atoms with E-state index in [9.17, 15) is 5.11 Å². The first-order valence-electron chi connectivity index (χ1n) is 6.56. The molecule has 0 saturated carbocycles. The molecule has 1 heterocycles. The predicted octanol–water partition coefficient (Wildman–Crippen LogP) is 3.02. The molecule has 0 aliphatic carbocycles. The summed E-state index contributed by atoms with van der Waals surface area (Å²) in [6, 6.07) is 5.93. The maximum absolute atomic E-state index is 10.5. The highest BCUT2D eigenvalue weighted by Crippen LogP contribution is 2.32. The third kappa shape index (κ3) is 3.25. The zero-order chi connectivity index (χ0) is 13.0. The summed E-state index contributed by atoms with van der Waals surface area (Å²) in [7, 11) is 0. The van der Waals surface area contributed by atoms with Crippen LogP contribution in [0.15, 0.2) is 22.7 Å². The Morgan fingerprint density at radius 2 is 2.33 bits per heavy atom. The molecule has 4 heteroatoms. The minimum Gasteiger partial charge on any atom is -0.493 e. The molecule has 0 radical (unpaired) electrons. The van der Waals surface area contributed by atoms with Crippen molar-refractivity contribution in [3.63, 3.8) is 0 Å². The first kappa shape index (κ1) is 13.8. The summed E-state index contributed by atoms with van der Waals surface area (Å²) >= 11 is 3.45. The molecule has 2 N–H and O–H groups in total. The van der Waals surface area contributed by atoms with Gasteiger partial charge in [0.1, 0.15) is 5.75 Å². The fourth-order valence-electron chi connectivity index (χ4n) is 2.40. The quantitative estimate of drug-likeness (QED) is 0.897. The Morgan fingerprint density at radius 1 is 1.50 bits per heavy atom. The summed E-state index contributed by atoms with van der Waals surface area (Å²) < 4.78 is 6.56. The molecule has 1 saturated heterocycles. The lowest BCUT2D eigenvalue weighted by molar-refractivity contribution is 0.110. The molecule has 2 atom stereocenters. The molecule has 2 rings (SSSR count). The van der Waals surface area contributed by atoms with Gasteiger partial charge in [-0.1, -0.05) is 22.4 Å². The highest BCUT2D eigenvalue weighted by Gasteiger charge is 2.25. The lowest BCUT2D eigenvalue weighted by atomic mass is 9.94. The van der Waals surface area contributed by atoms with Crippen LogP contribution in [0.4, 0.5) is 0 Å². The molecule has 0 bridgehead atoms. The Labute approximate surface area is 117 Å². The molecular formula is C14H20BrNO2. The van der Waals surface area contributed by atoms with Crippen LogP contribution in [0.25, 0.3) is 0 Å². The van der Waals surface area contributed by atoms with E-state index in [0.29, 0.717) is 6.61 Å². The second kappa shape index (κ2) is 6.55. The summed E-state index contributed by atoms with van der Waals surface area (Å²) in [5.74, 6) is 0.778. The van der Waals surface area contributed by atoms with Gasteiger partial charge in [-0.15, -0.1) is 0 Å². The van der Waals surface area contributed by atoms with E-state index < -0.39 is 6.10 Å². The fourth-order valence-corrected chi connectivity index (χ4v) is 2.78. The van der Waals surface area contributed by atoms with Crippen molar-refractivity contribution >= 4 is 15.9 Å². The lowest BCUT2D eigenvalue weighted by Crippen LogP contribution is -2.38. The number of ether oxygens (including phenoxy) is 1. The summed E-state index contributed by atoms with van der Waals surface area (Å²) in [4.78, 5) is 0. The van der Waals surface area contributed by atoms with Gasteiger partial charge in [-0.05, 0) is 44.5 Å². The molecule has 1 aliphatic heterocycles. The van der Waals surface area contributed by atoms with Crippen LogP contribution >= 0.6 is 15.9 Å². The number of aliphatic hydroxyl groups is 1. The molecule has 0 aromatic heterocycles. The van der Waals surface area contributed by atoms with E-state index in [1.807, 2.05) is 25.1 Å². The van der Waals surface area contributed by atoms with Gasteiger partial charge < -0.3 is 15.2 Å². The SMILES string of the molecule is CCOc1ccc(Br)cc1C(O)C1CCCCN1. The van der Waals surface area contributed by atoms with E-state index in [2.05, 4.69) is 21.2 Å². The molecule has 2 unspecified atom stereocenters. The van der Waals surface area contributed by atoms with Gasteiger partial charge in [-0.3, -0.25) is 0 Å². The maximum atomic E-state index is 10.5. The van der Waals surface area contributed by atoms with Crippen molar-refractivity contribution in [2.75, 3.05) is 13.2 Å². The van der Waals surface area contributed by atoms with Crippen molar-refractivity contribution in [2.45, 2.75) is 38.3 Å². The first-order valence-corrected chi connectivity index (χ1v) is 7.35. The highest BCUT2D eigenvalue weighted by atomic mass is 79.9. The maximum Gasteiger partial charge on any atom is 0.125 e. The number of rotatable bonds is 4. The van der Waals surface area contributed by atoms with Crippen LogP contribution < -0.4 is 10.1 Å². The number of halogens is 1. The molecule has 100 valence electrons. The molecule has 1 fully saturated rings. The molecule has 1 aliphatic rings. The molecule has 0 amide bonds. The summed E-state index contributed by atoms with van der Waals surface area (Å²) in [5, 5.41) is 13.9. The standard InChI is InChI=1S/C14H20BrNO2/c1-2-18-13-7-6-10(15)9-11(13)14(17)12-5-3-4-8-16-12/h6-7,9,12,14,16-17H,2-5,8H2,1H3. The van der Waals surface area contributed by atoms with Gasteiger partial charge in [0.15, 0.2) is 0 Å². The van der Waals surface area contributed by atoms with E-state index in [-0.39, 0.29) is 6.04 Å². The third-order valence-corrected chi connectivity index (χ3v) is 3.81. The second-order valence-electron chi connectivity index (χ2n) is 4.62. The minimum atomic E-state index is -0.510. The van der Waals surface area contributed by atoms with Gasteiger partial charge in [0.05, 0.1) is 12.7 Å². The molecule has 1 aromatic rings.